The van der Waals surface area contributed by atoms with Gasteiger partial charge in [0, 0.05) is 4.88 Å². The maximum atomic E-state index is 13.2. The molecule has 1 aliphatic carbocycles. The molecule has 1 fully saturated rings. The Balaban J connectivity index is 2.32. The molecule has 0 aliphatic heterocycles. The Morgan fingerprint density at radius 3 is 2.53 bits per heavy atom. The summed E-state index contributed by atoms with van der Waals surface area (Å²) in [5.41, 5.74) is 0. The molecule has 15 heavy (non-hydrogen) atoms. The molecule has 1 heterocycles. The average molecular weight is 248 g/mol. The molecule has 0 amide bonds. The fourth-order valence-corrected chi connectivity index (χ4v) is 4.71. The third kappa shape index (κ3) is 2.39. The molecule has 0 N–H and O–H groups in total. The highest BCUT2D eigenvalue weighted by molar-refractivity contribution is 7.86. The highest BCUT2D eigenvalue weighted by Crippen LogP contribution is 2.42. The second-order valence-electron chi connectivity index (χ2n) is 3.96. The molecule has 84 valence electrons. The highest BCUT2D eigenvalue weighted by Gasteiger charge is 2.37. The van der Waals surface area contributed by atoms with Gasteiger partial charge >= 0.3 is 10.2 Å². The molecule has 1 atom stereocenters. The van der Waals surface area contributed by atoms with E-state index in [1.54, 1.807) is 17.5 Å². The fourth-order valence-electron chi connectivity index (χ4n) is 2.31. The summed E-state index contributed by atoms with van der Waals surface area (Å²) in [6, 6.07) is 3.48. The van der Waals surface area contributed by atoms with Gasteiger partial charge in [0.15, 0.2) is 0 Å². The van der Waals surface area contributed by atoms with Crippen molar-refractivity contribution in [2.24, 2.45) is 5.92 Å². The van der Waals surface area contributed by atoms with Crippen LogP contribution in [0.3, 0.4) is 0 Å². The first kappa shape index (κ1) is 11.1. The van der Waals surface area contributed by atoms with E-state index in [1.165, 1.54) is 11.3 Å². The summed E-state index contributed by atoms with van der Waals surface area (Å²) in [4.78, 5) is 0.643. The van der Waals surface area contributed by atoms with E-state index in [1.807, 2.05) is 0 Å². The van der Waals surface area contributed by atoms with Crippen LogP contribution in [0, 0.1) is 5.92 Å². The molecule has 1 aromatic rings. The molecule has 2 rings (SSSR count). The van der Waals surface area contributed by atoms with Gasteiger partial charge in [-0.05, 0) is 30.2 Å². The second kappa shape index (κ2) is 4.22. The van der Waals surface area contributed by atoms with E-state index >= 15 is 0 Å². The van der Waals surface area contributed by atoms with Crippen LogP contribution in [-0.4, -0.2) is 8.42 Å². The van der Waals surface area contributed by atoms with Crippen LogP contribution in [0.2, 0.25) is 0 Å². The zero-order valence-electron chi connectivity index (χ0n) is 8.23. The lowest BCUT2D eigenvalue weighted by Gasteiger charge is -2.17. The minimum absolute atomic E-state index is 0.0290. The van der Waals surface area contributed by atoms with E-state index < -0.39 is 15.5 Å². The normalized spacial score (nSPS) is 20.6. The van der Waals surface area contributed by atoms with Crippen molar-refractivity contribution in [3.05, 3.63) is 22.4 Å². The van der Waals surface area contributed by atoms with Crippen molar-refractivity contribution in [3.8, 4) is 0 Å². The molecule has 5 heteroatoms. The summed E-state index contributed by atoms with van der Waals surface area (Å²) in [5, 5.41) is 0.877. The van der Waals surface area contributed by atoms with E-state index in [0.29, 0.717) is 4.88 Å². The van der Waals surface area contributed by atoms with Gasteiger partial charge < -0.3 is 0 Å². The molecule has 1 aromatic heterocycles. The van der Waals surface area contributed by atoms with Crippen molar-refractivity contribution in [1.82, 2.24) is 0 Å². The van der Waals surface area contributed by atoms with Gasteiger partial charge in [-0.1, -0.05) is 18.9 Å². The SMILES string of the molecule is O=S(=O)(F)C(c1cccs1)C1CCCC1. The molecular weight excluding hydrogens is 235 g/mol. The van der Waals surface area contributed by atoms with Gasteiger partial charge in [-0.3, -0.25) is 0 Å². The zero-order chi connectivity index (χ0) is 10.9. The topological polar surface area (TPSA) is 34.1 Å². The van der Waals surface area contributed by atoms with Crippen LogP contribution in [0.1, 0.15) is 35.8 Å². The van der Waals surface area contributed by atoms with Gasteiger partial charge in [0.25, 0.3) is 0 Å². The van der Waals surface area contributed by atoms with Gasteiger partial charge in [0.2, 0.25) is 0 Å². The maximum absolute atomic E-state index is 13.2. The number of hydrogen-bond donors (Lipinski definition) is 0. The molecule has 0 bridgehead atoms. The smallest absolute Gasteiger partial charge is 0.194 e. The van der Waals surface area contributed by atoms with Crippen molar-refractivity contribution < 1.29 is 12.3 Å². The van der Waals surface area contributed by atoms with E-state index in [0.717, 1.165) is 25.7 Å². The monoisotopic (exact) mass is 248 g/mol. The minimum atomic E-state index is -4.46. The van der Waals surface area contributed by atoms with Crippen LogP contribution in [-0.2, 0) is 10.2 Å². The van der Waals surface area contributed by atoms with Crippen molar-refractivity contribution >= 4 is 21.6 Å². The van der Waals surface area contributed by atoms with Gasteiger partial charge in [0.1, 0.15) is 5.25 Å². The molecule has 1 saturated carbocycles. The Morgan fingerprint density at radius 2 is 2.07 bits per heavy atom. The predicted molar refractivity (Wildman–Crippen MR) is 59.0 cm³/mol. The Morgan fingerprint density at radius 1 is 1.40 bits per heavy atom. The van der Waals surface area contributed by atoms with Crippen molar-refractivity contribution in [1.29, 1.82) is 0 Å². The second-order valence-corrected chi connectivity index (χ2v) is 6.39. The van der Waals surface area contributed by atoms with Crippen LogP contribution in [0.25, 0.3) is 0 Å². The Bertz CT molecular complexity index is 405. The van der Waals surface area contributed by atoms with Crippen LogP contribution in [0.5, 0.6) is 0 Å². The summed E-state index contributed by atoms with van der Waals surface area (Å²) < 4.78 is 35.6. The van der Waals surface area contributed by atoms with Crippen LogP contribution in [0.15, 0.2) is 17.5 Å². The fraction of sp³-hybridized carbons (Fsp3) is 0.600. The molecule has 0 aromatic carbocycles. The van der Waals surface area contributed by atoms with E-state index in [4.69, 9.17) is 0 Å². The zero-order valence-corrected chi connectivity index (χ0v) is 9.86. The number of rotatable bonds is 3. The highest BCUT2D eigenvalue weighted by atomic mass is 32.3. The predicted octanol–water partition coefficient (Wildman–Crippen LogP) is 3.28. The number of hydrogen-bond acceptors (Lipinski definition) is 3. The Hall–Kier alpha value is -0.420. The Kier molecular flexibility index (Phi) is 3.11. The van der Waals surface area contributed by atoms with Crippen LogP contribution >= 0.6 is 11.3 Å². The molecule has 0 saturated heterocycles. The van der Waals surface area contributed by atoms with Crippen LogP contribution < -0.4 is 0 Å². The average Bonchev–Trinajstić information content (AvgIpc) is 2.73. The minimum Gasteiger partial charge on any atom is -0.194 e. The molecule has 2 nitrogen and oxygen atoms in total. The van der Waals surface area contributed by atoms with E-state index in [9.17, 15) is 12.3 Å². The van der Waals surface area contributed by atoms with Gasteiger partial charge in [-0.2, -0.15) is 8.42 Å². The lowest BCUT2D eigenvalue weighted by Crippen LogP contribution is -2.15. The number of halogens is 1. The summed E-state index contributed by atoms with van der Waals surface area (Å²) >= 11 is 1.33. The molecule has 0 spiro atoms. The third-order valence-corrected chi connectivity index (χ3v) is 5.30. The van der Waals surface area contributed by atoms with E-state index in [2.05, 4.69) is 0 Å². The van der Waals surface area contributed by atoms with Gasteiger partial charge in [0.05, 0.1) is 0 Å². The molecule has 0 radical (unpaired) electrons. The van der Waals surface area contributed by atoms with Crippen molar-refractivity contribution in [2.45, 2.75) is 30.9 Å². The summed E-state index contributed by atoms with van der Waals surface area (Å²) in [6.45, 7) is 0. The largest absolute Gasteiger partial charge is 0.310 e. The van der Waals surface area contributed by atoms with Gasteiger partial charge in [-0.25, -0.2) is 0 Å². The quantitative estimate of drug-likeness (QED) is 0.769. The maximum Gasteiger partial charge on any atom is 0.310 e. The molecule has 1 unspecified atom stereocenters. The standard InChI is InChI=1S/C10H13FO2S2/c11-15(12,13)10(8-4-1-2-5-8)9-6-3-7-14-9/h3,6-8,10H,1-2,4-5H2. The van der Waals surface area contributed by atoms with E-state index in [-0.39, 0.29) is 5.92 Å². The first-order valence-corrected chi connectivity index (χ1v) is 7.38. The van der Waals surface area contributed by atoms with Crippen molar-refractivity contribution in [2.75, 3.05) is 0 Å². The summed E-state index contributed by atoms with van der Waals surface area (Å²) in [7, 11) is -4.46. The first-order chi connectivity index (χ1) is 7.09. The lowest BCUT2D eigenvalue weighted by atomic mass is 10.0. The third-order valence-electron chi connectivity index (χ3n) is 2.95. The summed E-state index contributed by atoms with van der Waals surface area (Å²) in [5.74, 6) is -0.0290. The lowest BCUT2D eigenvalue weighted by molar-refractivity contribution is 0.470. The number of thiophene rings is 1. The molecule has 1 aliphatic rings. The van der Waals surface area contributed by atoms with Gasteiger partial charge in [-0.15, -0.1) is 15.2 Å². The summed E-state index contributed by atoms with van der Waals surface area (Å²) in [6.07, 6.45) is 3.68. The molecular formula is C10H13FO2S2. The van der Waals surface area contributed by atoms with Crippen LogP contribution in [0.4, 0.5) is 3.89 Å². The Labute approximate surface area is 93.3 Å². The first-order valence-electron chi connectivity index (χ1n) is 5.06. The van der Waals surface area contributed by atoms with Crippen molar-refractivity contribution in [3.63, 3.8) is 0 Å².